The van der Waals surface area contributed by atoms with Crippen molar-refractivity contribution >= 4 is 33.5 Å². The maximum absolute atomic E-state index is 12.2. The van der Waals surface area contributed by atoms with Crippen molar-refractivity contribution in [3.8, 4) is 11.5 Å². The summed E-state index contributed by atoms with van der Waals surface area (Å²) in [5.74, 6) is 0.975. The van der Waals surface area contributed by atoms with Crippen LogP contribution in [0.25, 0.3) is 21.5 Å². The average Bonchev–Trinajstić information content (AvgIpc) is 2.94. The van der Waals surface area contributed by atoms with Crippen molar-refractivity contribution in [3.63, 3.8) is 0 Å². The zero-order valence-corrected chi connectivity index (χ0v) is 23.9. The molecule has 0 saturated carbocycles. The third-order valence-electron chi connectivity index (χ3n) is 6.69. The Morgan fingerprint density at radius 3 is 1.64 bits per heavy atom. The van der Waals surface area contributed by atoms with E-state index in [0.29, 0.717) is 13.2 Å². The quantitative estimate of drug-likeness (QED) is 0.0933. The van der Waals surface area contributed by atoms with Crippen molar-refractivity contribution in [1.29, 1.82) is 0 Å². The van der Waals surface area contributed by atoms with Gasteiger partial charge >= 0.3 is 11.9 Å². The molecular formula is C33H44O6. The molecule has 0 unspecified atom stereocenters. The van der Waals surface area contributed by atoms with Gasteiger partial charge in [0.05, 0.1) is 39.3 Å². The van der Waals surface area contributed by atoms with Crippen LogP contribution in [0, 0.1) is 0 Å². The van der Waals surface area contributed by atoms with E-state index in [4.69, 9.17) is 18.9 Å². The van der Waals surface area contributed by atoms with E-state index in [0.717, 1.165) is 71.6 Å². The first-order chi connectivity index (χ1) is 19.1. The molecular weight excluding hydrogens is 492 g/mol. The number of ether oxygens (including phenoxy) is 4. The maximum Gasteiger partial charge on any atom is 0.309 e. The summed E-state index contributed by atoms with van der Waals surface area (Å²) in [6, 6.07) is 14.4. The van der Waals surface area contributed by atoms with Crippen molar-refractivity contribution in [2.45, 2.75) is 85.0 Å². The fourth-order valence-electron chi connectivity index (χ4n) is 4.47. The lowest BCUT2D eigenvalue weighted by molar-refractivity contribution is -0.145. The Morgan fingerprint density at radius 1 is 0.590 bits per heavy atom. The van der Waals surface area contributed by atoms with Gasteiger partial charge in [0.1, 0.15) is 11.5 Å². The molecule has 6 heteroatoms. The molecule has 0 aliphatic heterocycles. The number of aryl methyl sites for hydroxylation is 1. The molecule has 6 nitrogen and oxygen atoms in total. The average molecular weight is 537 g/mol. The Hall–Kier alpha value is -3.28. The highest BCUT2D eigenvalue weighted by molar-refractivity contribution is 6.11. The molecule has 0 bridgehead atoms. The van der Waals surface area contributed by atoms with Crippen LogP contribution in [-0.4, -0.2) is 38.4 Å². The van der Waals surface area contributed by atoms with Gasteiger partial charge in [-0.2, -0.15) is 0 Å². The Bertz CT molecular complexity index is 1200. The fraction of sp³-hybridized carbons (Fsp3) is 0.515. The standard InChI is InChI=1S/C33H44O6/c1-4-7-10-13-25-16-17-28-29(24-25)33(39-23-19-31(35)37-21-9-6-3)27-15-12-11-14-26(27)32(28)38-22-18-30(34)36-20-8-5-2/h11-12,14-17,24H,4-10,13,18-23H2,1-3H3. The van der Waals surface area contributed by atoms with Crippen LogP contribution in [0.4, 0.5) is 0 Å². The Morgan fingerprint density at radius 2 is 1.10 bits per heavy atom. The Balaban J connectivity index is 1.89. The molecule has 0 N–H and O–H groups in total. The van der Waals surface area contributed by atoms with E-state index < -0.39 is 0 Å². The summed E-state index contributed by atoms with van der Waals surface area (Å²) in [4.78, 5) is 24.3. The highest BCUT2D eigenvalue weighted by Gasteiger charge is 2.18. The topological polar surface area (TPSA) is 71.1 Å². The highest BCUT2D eigenvalue weighted by Crippen LogP contribution is 2.43. The highest BCUT2D eigenvalue weighted by atomic mass is 16.5. The van der Waals surface area contributed by atoms with Gasteiger partial charge in [0.25, 0.3) is 0 Å². The molecule has 0 aliphatic rings. The third-order valence-corrected chi connectivity index (χ3v) is 6.69. The molecule has 0 spiro atoms. The van der Waals surface area contributed by atoms with Gasteiger partial charge in [0, 0.05) is 21.5 Å². The first-order valence-electron chi connectivity index (χ1n) is 14.6. The normalized spacial score (nSPS) is 11.1. The Labute approximate surface area is 233 Å². The van der Waals surface area contributed by atoms with E-state index in [1.165, 1.54) is 18.4 Å². The number of benzene rings is 3. The maximum atomic E-state index is 12.2. The van der Waals surface area contributed by atoms with E-state index in [1.54, 1.807) is 0 Å². The largest absolute Gasteiger partial charge is 0.492 e. The first kappa shape index (κ1) is 30.3. The summed E-state index contributed by atoms with van der Waals surface area (Å²) < 4.78 is 23.2. The molecule has 0 aromatic heterocycles. The summed E-state index contributed by atoms with van der Waals surface area (Å²) in [5, 5.41) is 3.69. The lowest BCUT2D eigenvalue weighted by atomic mass is 9.97. The molecule has 3 aromatic carbocycles. The molecule has 0 amide bonds. The molecule has 0 heterocycles. The lowest BCUT2D eigenvalue weighted by Gasteiger charge is -2.18. The van der Waals surface area contributed by atoms with Gasteiger partial charge in [-0.25, -0.2) is 0 Å². The molecule has 0 fully saturated rings. The van der Waals surface area contributed by atoms with Crippen LogP contribution in [0.1, 0.15) is 84.1 Å². The van der Waals surface area contributed by atoms with Gasteiger partial charge < -0.3 is 18.9 Å². The minimum atomic E-state index is -0.249. The van der Waals surface area contributed by atoms with E-state index >= 15 is 0 Å². The molecule has 212 valence electrons. The number of unbranched alkanes of at least 4 members (excludes halogenated alkanes) is 4. The molecule has 3 rings (SSSR count). The smallest absolute Gasteiger partial charge is 0.309 e. The molecule has 0 aliphatic carbocycles. The van der Waals surface area contributed by atoms with Crippen LogP contribution >= 0.6 is 0 Å². The van der Waals surface area contributed by atoms with Crippen LogP contribution < -0.4 is 9.47 Å². The van der Waals surface area contributed by atoms with Gasteiger partial charge in [0.15, 0.2) is 0 Å². The predicted octanol–water partition coefficient (Wildman–Crippen LogP) is 7.95. The first-order valence-corrected chi connectivity index (χ1v) is 14.6. The van der Waals surface area contributed by atoms with Crippen LogP contribution in [0.5, 0.6) is 11.5 Å². The predicted molar refractivity (Wildman–Crippen MR) is 157 cm³/mol. The fourth-order valence-corrected chi connectivity index (χ4v) is 4.47. The van der Waals surface area contributed by atoms with E-state index in [-0.39, 0.29) is 38.0 Å². The van der Waals surface area contributed by atoms with Gasteiger partial charge in [0.2, 0.25) is 0 Å². The minimum absolute atomic E-state index is 0.188. The van der Waals surface area contributed by atoms with Gasteiger partial charge in [-0.1, -0.05) is 82.9 Å². The summed E-state index contributed by atoms with van der Waals surface area (Å²) in [5.41, 5.74) is 1.24. The minimum Gasteiger partial charge on any atom is -0.492 e. The Kier molecular flexibility index (Phi) is 12.9. The second kappa shape index (κ2) is 16.6. The van der Waals surface area contributed by atoms with Crippen molar-refractivity contribution in [2.75, 3.05) is 26.4 Å². The van der Waals surface area contributed by atoms with E-state index in [1.807, 2.05) is 24.3 Å². The summed E-state index contributed by atoms with van der Waals surface area (Å²) in [6.07, 6.45) is 8.52. The van der Waals surface area contributed by atoms with Crippen molar-refractivity contribution in [2.24, 2.45) is 0 Å². The van der Waals surface area contributed by atoms with Crippen LogP contribution in [0.3, 0.4) is 0 Å². The van der Waals surface area contributed by atoms with Crippen molar-refractivity contribution in [1.82, 2.24) is 0 Å². The lowest BCUT2D eigenvalue weighted by Crippen LogP contribution is -2.12. The van der Waals surface area contributed by atoms with Gasteiger partial charge in [-0.3, -0.25) is 9.59 Å². The monoisotopic (exact) mass is 536 g/mol. The molecule has 39 heavy (non-hydrogen) atoms. The number of hydrogen-bond donors (Lipinski definition) is 0. The molecule has 0 atom stereocenters. The number of fused-ring (bicyclic) bond motifs is 2. The van der Waals surface area contributed by atoms with Crippen LogP contribution in [0.15, 0.2) is 42.5 Å². The number of carbonyl (C=O) groups excluding carboxylic acids is 2. The second-order valence-electron chi connectivity index (χ2n) is 9.89. The van der Waals surface area contributed by atoms with Gasteiger partial charge in [-0.05, 0) is 37.3 Å². The second-order valence-corrected chi connectivity index (χ2v) is 9.89. The van der Waals surface area contributed by atoms with Crippen LogP contribution in [-0.2, 0) is 25.5 Å². The summed E-state index contributed by atoms with van der Waals surface area (Å²) in [7, 11) is 0. The van der Waals surface area contributed by atoms with Crippen LogP contribution in [0.2, 0.25) is 0 Å². The SMILES string of the molecule is CCCCCc1ccc2c(OCCC(=O)OCCCC)c3ccccc3c(OCCC(=O)OCCCC)c2c1. The van der Waals surface area contributed by atoms with E-state index in [2.05, 4.69) is 39.0 Å². The van der Waals surface area contributed by atoms with Gasteiger partial charge in [-0.15, -0.1) is 0 Å². The van der Waals surface area contributed by atoms with Crippen molar-refractivity contribution < 1.29 is 28.5 Å². The third kappa shape index (κ3) is 9.15. The summed E-state index contributed by atoms with van der Waals surface area (Å²) >= 11 is 0. The summed E-state index contributed by atoms with van der Waals surface area (Å²) in [6.45, 7) is 7.68. The zero-order valence-electron chi connectivity index (χ0n) is 23.9. The molecule has 3 aromatic rings. The number of esters is 2. The van der Waals surface area contributed by atoms with E-state index in [9.17, 15) is 9.59 Å². The molecule has 0 radical (unpaired) electrons. The zero-order chi connectivity index (χ0) is 27.9. The molecule has 0 saturated heterocycles. The number of rotatable bonds is 18. The number of carbonyl (C=O) groups is 2. The van der Waals surface area contributed by atoms with Crippen molar-refractivity contribution in [3.05, 3.63) is 48.0 Å². The number of hydrogen-bond acceptors (Lipinski definition) is 6.